The zero-order valence-electron chi connectivity index (χ0n) is 31.6. The predicted molar refractivity (Wildman–Crippen MR) is 235 cm³/mol. The van der Waals surface area contributed by atoms with Crippen LogP contribution in [0.25, 0.3) is 65.7 Å². The first kappa shape index (κ1) is 32.1. The molecule has 11 rings (SSSR count). The molecule has 1 aliphatic carbocycles. The summed E-state index contributed by atoms with van der Waals surface area (Å²) >= 11 is 0. The minimum Gasteiger partial charge on any atom is -0.374 e. The summed E-state index contributed by atoms with van der Waals surface area (Å²) in [7, 11) is 2.25. The highest BCUT2D eigenvalue weighted by molar-refractivity contribution is 6.25. The Hall–Kier alpha value is -6.38. The summed E-state index contributed by atoms with van der Waals surface area (Å²) in [6.45, 7) is 5.91. The molecule has 2 aliphatic rings. The number of benzene rings is 9. The van der Waals surface area contributed by atoms with E-state index in [9.17, 15) is 0 Å². The standard InChI is InChI=1S/C53H42N2/c1-53(2)46-19-8-7-16-43(46)52-45(41-17-10-20-48-42(41)18-11-31-54(48)3)32-40(33-47(52)53)55(39-27-23-35(24-28-39)34-12-5-4-6-13-34)49-30-26-38-22-21-36-14-9-15-37-25-29-44(49)51(38)50(36)37/h4-10,12-17,19-30,32-33H,11,18,31H2,1-3H3. The van der Waals surface area contributed by atoms with Gasteiger partial charge in [-0.25, -0.2) is 0 Å². The van der Waals surface area contributed by atoms with Crippen LogP contribution in [0.5, 0.6) is 0 Å². The van der Waals surface area contributed by atoms with Crippen molar-refractivity contribution in [1.82, 2.24) is 0 Å². The third-order valence-electron chi connectivity index (χ3n) is 12.7. The molecular weight excluding hydrogens is 665 g/mol. The number of hydrogen-bond acceptors (Lipinski definition) is 2. The van der Waals surface area contributed by atoms with E-state index in [-0.39, 0.29) is 5.41 Å². The van der Waals surface area contributed by atoms with Crippen LogP contribution in [0.15, 0.2) is 164 Å². The summed E-state index contributed by atoms with van der Waals surface area (Å²) in [6.07, 6.45) is 2.24. The molecule has 9 aromatic carbocycles. The van der Waals surface area contributed by atoms with Crippen molar-refractivity contribution in [1.29, 1.82) is 0 Å². The Balaban J connectivity index is 1.22. The van der Waals surface area contributed by atoms with Gasteiger partial charge in [0.2, 0.25) is 0 Å². The lowest BCUT2D eigenvalue weighted by atomic mass is 9.81. The van der Waals surface area contributed by atoms with Gasteiger partial charge in [0.15, 0.2) is 0 Å². The zero-order valence-corrected chi connectivity index (χ0v) is 31.6. The molecule has 0 aromatic heterocycles. The normalized spacial score (nSPS) is 14.3. The molecule has 0 amide bonds. The Morgan fingerprint density at radius 2 is 1.20 bits per heavy atom. The molecule has 0 radical (unpaired) electrons. The van der Waals surface area contributed by atoms with Crippen LogP contribution >= 0.6 is 0 Å². The van der Waals surface area contributed by atoms with Gasteiger partial charge in [0, 0.05) is 41.5 Å². The number of anilines is 4. The zero-order chi connectivity index (χ0) is 36.8. The van der Waals surface area contributed by atoms with Crippen molar-refractivity contribution in [2.24, 2.45) is 0 Å². The van der Waals surface area contributed by atoms with E-state index in [1.807, 2.05) is 0 Å². The summed E-state index contributed by atoms with van der Waals surface area (Å²) < 4.78 is 0. The van der Waals surface area contributed by atoms with Gasteiger partial charge in [0.05, 0.1) is 5.69 Å². The predicted octanol–water partition coefficient (Wildman–Crippen LogP) is 14.1. The summed E-state index contributed by atoms with van der Waals surface area (Å²) in [4.78, 5) is 4.97. The molecule has 264 valence electrons. The third kappa shape index (κ3) is 4.80. The van der Waals surface area contributed by atoms with Crippen molar-refractivity contribution < 1.29 is 0 Å². The van der Waals surface area contributed by atoms with Gasteiger partial charge in [-0.05, 0) is 126 Å². The molecule has 1 heterocycles. The Kier molecular flexibility index (Phi) is 7.04. The highest BCUT2D eigenvalue weighted by atomic mass is 15.1. The molecule has 2 nitrogen and oxygen atoms in total. The van der Waals surface area contributed by atoms with Crippen molar-refractivity contribution in [3.63, 3.8) is 0 Å². The van der Waals surface area contributed by atoms with Crippen LogP contribution in [0.2, 0.25) is 0 Å². The van der Waals surface area contributed by atoms with E-state index in [2.05, 4.69) is 194 Å². The van der Waals surface area contributed by atoms with Crippen LogP contribution in [-0.4, -0.2) is 13.6 Å². The van der Waals surface area contributed by atoms with Crippen molar-refractivity contribution in [3.05, 3.63) is 180 Å². The molecule has 1 aliphatic heterocycles. The second-order valence-electron chi connectivity index (χ2n) is 16.1. The maximum absolute atomic E-state index is 2.53. The van der Waals surface area contributed by atoms with Gasteiger partial charge in [0.1, 0.15) is 0 Å². The number of nitrogens with zero attached hydrogens (tertiary/aromatic N) is 2. The monoisotopic (exact) mass is 706 g/mol. The first-order valence-corrected chi connectivity index (χ1v) is 19.7. The molecule has 0 N–H and O–H groups in total. The van der Waals surface area contributed by atoms with Gasteiger partial charge in [-0.3, -0.25) is 0 Å². The molecule has 0 unspecified atom stereocenters. The largest absolute Gasteiger partial charge is 0.374 e. The van der Waals surface area contributed by atoms with Gasteiger partial charge < -0.3 is 9.80 Å². The Labute approximate surface area is 323 Å². The molecule has 0 bridgehead atoms. The number of fused-ring (bicyclic) bond motifs is 4. The van der Waals surface area contributed by atoms with Gasteiger partial charge in [-0.2, -0.15) is 0 Å². The molecule has 0 saturated carbocycles. The van der Waals surface area contributed by atoms with E-state index in [0.29, 0.717) is 0 Å². The first-order chi connectivity index (χ1) is 27.0. The second-order valence-corrected chi connectivity index (χ2v) is 16.1. The van der Waals surface area contributed by atoms with Crippen molar-refractivity contribution in [3.8, 4) is 33.4 Å². The quantitative estimate of drug-likeness (QED) is 0.164. The van der Waals surface area contributed by atoms with Crippen molar-refractivity contribution in [2.45, 2.75) is 32.1 Å². The van der Waals surface area contributed by atoms with Crippen LogP contribution in [0.4, 0.5) is 22.7 Å². The molecule has 9 aromatic rings. The Morgan fingerprint density at radius 1 is 0.527 bits per heavy atom. The molecule has 0 atom stereocenters. The van der Waals surface area contributed by atoms with Crippen molar-refractivity contribution in [2.75, 3.05) is 23.4 Å². The smallest absolute Gasteiger partial charge is 0.0540 e. The van der Waals surface area contributed by atoms with Gasteiger partial charge >= 0.3 is 0 Å². The van der Waals surface area contributed by atoms with Crippen LogP contribution in [0.1, 0.15) is 37.0 Å². The van der Waals surface area contributed by atoms with Crippen LogP contribution in [0.3, 0.4) is 0 Å². The fraction of sp³-hybridized carbons (Fsp3) is 0.132. The first-order valence-electron chi connectivity index (χ1n) is 19.7. The average Bonchev–Trinajstić information content (AvgIpc) is 3.46. The minimum absolute atomic E-state index is 0.173. The lowest BCUT2D eigenvalue weighted by Crippen LogP contribution is -2.25. The topological polar surface area (TPSA) is 6.48 Å². The van der Waals surface area contributed by atoms with E-state index >= 15 is 0 Å². The lowest BCUT2D eigenvalue weighted by molar-refractivity contribution is 0.660. The SMILES string of the molecule is CN1CCCc2c(-c3cc(N(c4ccc(-c5ccccc5)cc4)c4ccc5ccc6cccc7ccc4c5c67)cc4c3-c3ccccc3C4(C)C)cccc21. The van der Waals surface area contributed by atoms with Gasteiger partial charge in [0.25, 0.3) is 0 Å². The Morgan fingerprint density at radius 3 is 2.02 bits per heavy atom. The molecule has 55 heavy (non-hydrogen) atoms. The maximum atomic E-state index is 2.53. The summed E-state index contributed by atoms with van der Waals surface area (Å²) in [6, 6.07) is 61.5. The van der Waals surface area contributed by atoms with E-state index in [0.717, 1.165) is 25.1 Å². The van der Waals surface area contributed by atoms with E-state index in [1.54, 1.807) is 0 Å². The summed E-state index contributed by atoms with van der Waals surface area (Å²) in [5, 5.41) is 7.76. The van der Waals surface area contributed by atoms with E-state index < -0.39 is 0 Å². The summed E-state index contributed by atoms with van der Waals surface area (Å²) in [5.74, 6) is 0. The average molecular weight is 707 g/mol. The molecule has 0 fully saturated rings. The van der Waals surface area contributed by atoms with Crippen LogP contribution in [-0.2, 0) is 11.8 Å². The van der Waals surface area contributed by atoms with Gasteiger partial charge in [-0.1, -0.05) is 141 Å². The summed E-state index contributed by atoms with van der Waals surface area (Å²) in [5.41, 5.74) is 16.8. The molecule has 0 spiro atoms. The minimum atomic E-state index is -0.173. The second kappa shape index (κ2) is 12.1. The van der Waals surface area contributed by atoms with E-state index in [1.165, 1.54) is 99.5 Å². The molecule has 2 heteroatoms. The maximum Gasteiger partial charge on any atom is 0.0540 e. The highest BCUT2D eigenvalue weighted by Gasteiger charge is 2.38. The van der Waals surface area contributed by atoms with Crippen molar-refractivity contribution >= 4 is 55.1 Å². The fourth-order valence-electron chi connectivity index (χ4n) is 9.98. The van der Waals surface area contributed by atoms with Crippen LogP contribution < -0.4 is 9.80 Å². The number of rotatable bonds is 5. The van der Waals surface area contributed by atoms with E-state index in [4.69, 9.17) is 0 Å². The molecular formula is C53H42N2. The lowest BCUT2D eigenvalue weighted by Gasteiger charge is -2.32. The van der Waals surface area contributed by atoms with Crippen LogP contribution in [0, 0.1) is 0 Å². The highest BCUT2D eigenvalue weighted by Crippen LogP contribution is 2.56. The Bertz CT molecular complexity index is 2920. The number of hydrogen-bond donors (Lipinski definition) is 0. The third-order valence-corrected chi connectivity index (χ3v) is 12.7. The van der Waals surface area contributed by atoms with Gasteiger partial charge in [-0.15, -0.1) is 0 Å². The molecule has 0 saturated heterocycles. The fourth-order valence-corrected chi connectivity index (χ4v) is 9.98.